The average Bonchev–Trinajstić information content (AvgIpc) is 2.45. The molecule has 0 aliphatic heterocycles. The number of aliphatic hydroxyl groups excluding tert-OH is 1. The van der Waals surface area contributed by atoms with E-state index < -0.39 is 5.97 Å². The highest BCUT2D eigenvalue weighted by Gasteiger charge is 2.11. The molecule has 0 fully saturated rings. The molecule has 0 aliphatic rings. The van der Waals surface area contributed by atoms with E-state index in [1.54, 1.807) is 24.3 Å². The molecule has 2 amide bonds. The molecule has 0 radical (unpaired) electrons. The number of carboxylic acid groups (broad SMARTS) is 1. The molecular weight excluding hydrogens is 272 g/mol. The minimum Gasteiger partial charge on any atom is -0.481 e. The molecule has 3 N–H and O–H groups in total. The van der Waals surface area contributed by atoms with Gasteiger partial charge in [-0.25, -0.2) is 4.79 Å². The largest absolute Gasteiger partial charge is 0.481 e. The van der Waals surface area contributed by atoms with Crippen molar-refractivity contribution in [2.75, 3.05) is 25.0 Å². The Kier molecular flexibility index (Phi) is 6.97. The van der Waals surface area contributed by atoms with E-state index in [4.69, 9.17) is 10.2 Å². The lowest BCUT2D eigenvalue weighted by molar-refractivity contribution is -0.136. The predicted octanol–water partition coefficient (Wildman–Crippen LogP) is 1.72. The van der Waals surface area contributed by atoms with Crippen molar-refractivity contribution in [1.82, 2.24) is 4.90 Å². The summed E-state index contributed by atoms with van der Waals surface area (Å²) in [5, 5.41) is 20.3. The highest BCUT2D eigenvalue weighted by Crippen LogP contribution is 2.13. The summed E-state index contributed by atoms with van der Waals surface area (Å²) in [7, 11) is 0. The van der Waals surface area contributed by atoms with Crippen molar-refractivity contribution in [2.45, 2.75) is 12.8 Å². The van der Waals surface area contributed by atoms with E-state index >= 15 is 0 Å². The molecule has 6 heteroatoms. The number of urea groups is 1. The van der Waals surface area contributed by atoms with Crippen LogP contribution in [-0.4, -0.2) is 46.8 Å². The number of anilines is 1. The van der Waals surface area contributed by atoms with E-state index in [9.17, 15) is 9.59 Å². The lowest BCUT2D eigenvalue weighted by Crippen LogP contribution is -2.37. The summed E-state index contributed by atoms with van der Waals surface area (Å²) >= 11 is 0. The van der Waals surface area contributed by atoms with E-state index in [1.807, 2.05) is 6.07 Å². The molecule has 0 aromatic heterocycles. The summed E-state index contributed by atoms with van der Waals surface area (Å²) in [5.74, 6) is -0.857. The second-order valence-corrected chi connectivity index (χ2v) is 4.48. The smallest absolute Gasteiger partial charge is 0.322 e. The molecule has 0 unspecified atom stereocenters. The number of hydrogen-bond donors (Lipinski definition) is 3. The Hall–Kier alpha value is -2.34. The molecule has 0 aliphatic carbocycles. The number of carboxylic acids is 1. The number of amides is 2. The summed E-state index contributed by atoms with van der Waals surface area (Å²) < 4.78 is 0. The maximum Gasteiger partial charge on any atom is 0.322 e. The normalized spacial score (nSPS) is 9.95. The van der Waals surface area contributed by atoms with Gasteiger partial charge in [-0.05, 0) is 24.1 Å². The van der Waals surface area contributed by atoms with E-state index in [0.717, 1.165) is 5.56 Å². The number of carbonyl (C=O) groups excluding carboxylic acids is 1. The van der Waals surface area contributed by atoms with Gasteiger partial charge in [0, 0.05) is 25.2 Å². The van der Waals surface area contributed by atoms with Crippen LogP contribution in [0, 0.1) is 0 Å². The average molecular weight is 292 g/mol. The van der Waals surface area contributed by atoms with E-state index in [1.165, 1.54) is 4.90 Å². The van der Waals surface area contributed by atoms with Crippen molar-refractivity contribution in [1.29, 1.82) is 0 Å². The molecule has 0 saturated heterocycles. The first-order valence-electron chi connectivity index (χ1n) is 6.65. The van der Waals surface area contributed by atoms with Gasteiger partial charge in [0.1, 0.15) is 0 Å². The standard InChI is InChI=1S/C15H20N2O4/c1-2-8-17(9-10-18)15(21)16-13-5-3-4-12(11-13)6-7-14(19)20/h2-5,11,18H,1,6-10H2,(H,16,21)(H,19,20). The fourth-order valence-electron chi connectivity index (χ4n) is 1.81. The number of rotatable bonds is 8. The molecule has 1 aromatic carbocycles. The first-order chi connectivity index (χ1) is 10.1. The summed E-state index contributed by atoms with van der Waals surface area (Å²) in [6.07, 6.45) is 2.04. The second kappa shape index (κ2) is 8.76. The summed E-state index contributed by atoms with van der Waals surface area (Å²) in [5.41, 5.74) is 1.43. The summed E-state index contributed by atoms with van der Waals surface area (Å²) in [6.45, 7) is 4.00. The van der Waals surface area contributed by atoms with Crippen molar-refractivity contribution < 1.29 is 19.8 Å². The van der Waals surface area contributed by atoms with Crippen molar-refractivity contribution >= 4 is 17.7 Å². The number of aliphatic carboxylic acids is 1. The van der Waals surface area contributed by atoms with Crippen molar-refractivity contribution in [3.8, 4) is 0 Å². The molecular formula is C15H20N2O4. The monoisotopic (exact) mass is 292 g/mol. The van der Waals surface area contributed by atoms with Gasteiger partial charge in [-0.15, -0.1) is 6.58 Å². The van der Waals surface area contributed by atoms with Crippen LogP contribution in [0.25, 0.3) is 0 Å². The van der Waals surface area contributed by atoms with Gasteiger partial charge in [0.15, 0.2) is 0 Å². The van der Waals surface area contributed by atoms with Gasteiger partial charge in [-0.1, -0.05) is 18.2 Å². The third kappa shape index (κ3) is 6.09. The van der Waals surface area contributed by atoms with Crippen LogP contribution in [0.15, 0.2) is 36.9 Å². The Morgan fingerprint density at radius 2 is 2.14 bits per heavy atom. The van der Waals surface area contributed by atoms with Gasteiger partial charge in [-0.3, -0.25) is 4.79 Å². The van der Waals surface area contributed by atoms with Crippen LogP contribution in [0.3, 0.4) is 0 Å². The molecule has 0 heterocycles. The molecule has 0 saturated carbocycles. The van der Waals surface area contributed by atoms with Crippen LogP contribution in [0.2, 0.25) is 0 Å². The first kappa shape index (κ1) is 16.7. The number of carbonyl (C=O) groups is 2. The van der Waals surface area contributed by atoms with Crippen molar-refractivity contribution in [2.24, 2.45) is 0 Å². The SMILES string of the molecule is C=CCN(CCO)C(=O)Nc1cccc(CCC(=O)O)c1. The van der Waals surface area contributed by atoms with Gasteiger partial charge < -0.3 is 20.4 Å². The second-order valence-electron chi connectivity index (χ2n) is 4.48. The maximum absolute atomic E-state index is 12.0. The van der Waals surface area contributed by atoms with E-state index in [-0.39, 0.29) is 25.6 Å². The van der Waals surface area contributed by atoms with E-state index in [0.29, 0.717) is 18.7 Å². The molecule has 0 atom stereocenters. The minimum absolute atomic E-state index is 0.0461. The van der Waals surface area contributed by atoms with Crippen molar-refractivity contribution in [3.05, 3.63) is 42.5 Å². The predicted molar refractivity (Wildman–Crippen MR) is 80.3 cm³/mol. The lowest BCUT2D eigenvalue weighted by atomic mass is 10.1. The summed E-state index contributed by atoms with van der Waals surface area (Å²) in [4.78, 5) is 24.0. The minimum atomic E-state index is -0.857. The quantitative estimate of drug-likeness (QED) is 0.636. The van der Waals surface area contributed by atoms with Crippen LogP contribution in [0.1, 0.15) is 12.0 Å². The topological polar surface area (TPSA) is 89.9 Å². The fourth-order valence-corrected chi connectivity index (χ4v) is 1.81. The number of nitrogens with one attached hydrogen (secondary N) is 1. The van der Waals surface area contributed by atoms with Gasteiger partial charge in [0.2, 0.25) is 0 Å². The Labute approximate surface area is 123 Å². The Morgan fingerprint density at radius 1 is 1.38 bits per heavy atom. The number of aryl methyl sites for hydroxylation is 1. The van der Waals surface area contributed by atoms with Gasteiger partial charge >= 0.3 is 12.0 Å². The number of benzene rings is 1. The van der Waals surface area contributed by atoms with Gasteiger partial charge in [-0.2, -0.15) is 0 Å². The Balaban J connectivity index is 2.68. The third-order valence-electron chi connectivity index (χ3n) is 2.81. The number of hydrogen-bond acceptors (Lipinski definition) is 3. The molecule has 21 heavy (non-hydrogen) atoms. The Bertz CT molecular complexity index is 502. The molecule has 1 rings (SSSR count). The Morgan fingerprint density at radius 3 is 2.76 bits per heavy atom. The highest BCUT2D eigenvalue weighted by molar-refractivity contribution is 5.89. The zero-order valence-electron chi connectivity index (χ0n) is 11.8. The molecule has 6 nitrogen and oxygen atoms in total. The zero-order valence-corrected chi connectivity index (χ0v) is 11.8. The van der Waals surface area contributed by atoms with Crippen LogP contribution in [-0.2, 0) is 11.2 Å². The molecule has 0 bridgehead atoms. The zero-order chi connectivity index (χ0) is 15.7. The lowest BCUT2D eigenvalue weighted by Gasteiger charge is -2.20. The summed E-state index contributed by atoms with van der Waals surface area (Å²) in [6, 6.07) is 6.71. The first-order valence-corrected chi connectivity index (χ1v) is 6.65. The fraction of sp³-hybridized carbons (Fsp3) is 0.333. The van der Waals surface area contributed by atoms with Gasteiger partial charge in [0.05, 0.1) is 6.61 Å². The van der Waals surface area contributed by atoms with Crippen LogP contribution in [0.5, 0.6) is 0 Å². The van der Waals surface area contributed by atoms with Crippen LogP contribution >= 0.6 is 0 Å². The third-order valence-corrected chi connectivity index (χ3v) is 2.81. The maximum atomic E-state index is 12.0. The highest BCUT2D eigenvalue weighted by atomic mass is 16.4. The van der Waals surface area contributed by atoms with Crippen molar-refractivity contribution in [3.63, 3.8) is 0 Å². The number of nitrogens with zero attached hydrogens (tertiary/aromatic N) is 1. The van der Waals surface area contributed by atoms with E-state index in [2.05, 4.69) is 11.9 Å². The molecule has 1 aromatic rings. The van der Waals surface area contributed by atoms with Crippen LogP contribution in [0.4, 0.5) is 10.5 Å². The molecule has 114 valence electrons. The van der Waals surface area contributed by atoms with Gasteiger partial charge in [0.25, 0.3) is 0 Å². The van der Waals surface area contributed by atoms with Crippen LogP contribution < -0.4 is 5.32 Å². The molecule has 0 spiro atoms. The number of aliphatic hydroxyl groups is 1.